The molecule has 4 nitrogen and oxygen atoms in total. The number of rotatable bonds is 4. The number of nitrogens with zero attached hydrogens (tertiary/aromatic N) is 2. The molecule has 4 heteroatoms. The number of ether oxygens (including phenoxy) is 1. The van der Waals surface area contributed by atoms with Crippen molar-refractivity contribution in [2.45, 2.75) is 13.8 Å². The molecule has 4 aromatic rings. The van der Waals surface area contributed by atoms with Crippen LogP contribution >= 0.6 is 0 Å². The maximum atomic E-state index is 5.91. The Morgan fingerprint density at radius 3 is 2.38 bits per heavy atom. The topological polar surface area (TPSA) is 47.0 Å². The first-order valence-corrected chi connectivity index (χ1v) is 8.51. The van der Waals surface area contributed by atoms with Crippen molar-refractivity contribution in [2.75, 3.05) is 5.32 Å². The van der Waals surface area contributed by atoms with Gasteiger partial charge in [0.05, 0.1) is 5.52 Å². The van der Waals surface area contributed by atoms with Crippen molar-refractivity contribution in [3.8, 4) is 11.5 Å². The molecular weight excluding hydrogens is 322 g/mol. The molecule has 0 unspecified atom stereocenters. The molecule has 128 valence electrons. The Morgan fingerprint density at radius 2 is 1.54 bits per heavy atom. The number of benzene rings is 3. The summed E-state index contributed by atoms with van der Waals surface area (Å²) in [6.45, 7) is 4.19. The minimum Gasteiger partial charge on any atom is -0.457 e. The number of para-hydroxylation sites is 1. The molecule has 0 aliphatic carbocycles. The van der Waals surface area contributed by atoms with E-state index in [-0.39, 0.29) is 0 Å². The number of aromatic nitrogens is 2. The highest BCUT2D eigenvalue weighted by molar-refractivity contribution is 5.91. The van der Waals surface area contributed by atoms with Gasteiger partial charge in [0.2, 0.25) is 0 Å². The molecule has 0 aliphatic heterocycles. The summed E-state index contributed by atoms with van der Waals surface area (Å²) in [6, 6.07) is 21.8. The number of nitrogens with one attached hydrogen (secondary N) is 1. The van der Waals surface area contributed by atoms with Crippen LogP contribution in [-0.2, 0) is 0 Å². The van der Waals surface area contributed by atoms with E-state index in [0.717, 1.165) is 33.9 Å². The normalized spacial score (nSPS) is 10.7. The van der Waals surface area contributed by atoms with Crippen LogP contribution in [0.25, 0.3) is 10.9 Å². The predicted octanol–water partition coefficient (Wildman–Crippen LogP) is 5.78. The van der Waals surface area contributed by atoms with Crippen molar-refractivity contribution in [3.05, 3.63) is 84.2 Å². The van der Waals surface area contributed by atoms with Crippen molar-refractivity contribution < 1.29 is 4.74 Å². The Morgan fingerprint density at radius 1 is 0.769 bits per heavy atom. The average Bonchev–Trinajstić information content (AvgIpc) is 2.65. The Hall–Kier alpha value is -3.40. The first-order valence-electron chi connectivity index (χ1n) is 8.51. The molecule has 0 radical (unpaired) electrons. The van der Waals surface area contributed by atoms with Crippen LogP contribution in [0.4, 0.5) is 11.5 Å². The van der Waals surface area contributed by atoms with E-state index in [1.54, 1.807) is 6.33 Å². The van der Waals surface area contributed by atoms with E-state index in [1.807, 2.05) is 54.6 Å². The molecule has 0 fully saturated rings. The van der Waals surface area contributed by atoms with Gasteiger partial charge in [-0.25, -0.2) is 9.97 Å². The van der Waals surface area contributed by atoms with Crippen molar-refractivity contribution in [3.63, 3.8) is 0 Å². The summed E-state index contributed by atoms with van der Waals surface area (Å²) >= 11 is 0. The zero-order valence-electron chi connectivity index (χ0n) is 14.7. The molecule has 1 N–H and O–H groups in total. The lowest BCUT2D eigenvalue weighted by Crippen LogP contribution is -1.97. The van der Waals surface area contributed by atoms with Gasteiger partial charge in [-0.05, 0) is 61.4 Å². The molecule has 0 amide bonds. The van der Waals surface area contributed by atoms with Crippen molar-refractivity contribution in [1.82, 2.24) is 9.97 Å². The monoisotopic (exact) mass is 341 g/mol. The maximum Gasteiger partial charge on any atom is 0.141 e. The number of fused-ring (bicyclic) bond motifs is 1. The van der Waals surface area contributed by atoms with Gasteiger partial charge in [0, 0.05) is 17.1 Å². The van der Waals surface area contributed by atoms with E-state index in [1.165, 1.54) is 11.1 Å². The number of hydrogen-bond acceptors (Lipinski definition) is 4. The number of hydrogen-bond donors (Lipinski definition) is 1. The highest BCUT2D eigenvalue weighted by Gasteiger charge is 2.07. The lowest BCUT2D eigenvalue weighted by molar-refractivity contribution is 0.483. The zero-order valence-corrected chi connectivity index (χ0v) is 14.7. The summed E-state index contributed by atoms with van der Waals surface area (Å²) in [4.78, 5) is 8.81. The minimum absolute atomic E-state index is 0.770. The molecule has 0 saturated heterocycles. The van der Waals surface area contributed by atoms with Gasteiger partial charge in [0.15, 0.2) is 0 Å². The standard InChI is InChI=1S/C22H19N3O/c1-15-11-20-21(12-16(15)2)23-14-24-22(20)25-17-7-6-10-19(13-17)26-18-8-4-3-5-9-18/h3-14H,1-2H3,(H,23,24,25). The Labute approximate surface area is 152 Å². The van der Waals surface area contributed by atoms with E-state index in [2.05, 4.69) is 41.3 Å². The van der Waals surface area contributed by atoms with Gasteiger partial charge in [0.25, 0.3) is 0 Å². The third-order valence-electron chi connectivity index (χ3n) is 4.33. The van der Waals surface area contributed by atoms with Gasteiger partial charge in [-0.3, -0.25) is 0 Å². The van der Waals surface area contributed by atoms with Gasteiger partial charge in [-0.1, -0.05) is 24.3 Å². The van der Waals surface area contributed by atoms with E-state index in [4.69, 9.17) is 4.74 Å². The summed E-state index contributed by atoms with van der Waals surface area (Å²) in [7, 11) is 0. The SMILES string of the molecule is Cc1cc2ncnc(Nc3cccc(Oc4ccccc4)c3)c2cc1C. The fraction of sp³-hybridized carbons (Fsp3) is 0.0909. The zero-order chi connectivity index (χ0) is 17.9. The van der Waals surface area contributed by atoms with Crippen LogP contribution in [0.1, 0.15) is 11.1 Å². The van der Waals surface area contributed by atoms with E-state index < -0.39 is 0 Å². The summed E-state index contributed by atoms with van der Waals surface area (Å²) in [5.41, 5.74) is 4.29. The summed E-state index contributed by atoms with van der Waals surface area (Å²) in [5, 5.41) is 4.39. The number of aryl methyl sites for hydroxylation is 2. The second-order valence-electron chi connectivity index (χ2n) is 6.24. The highest BCUT2D eigenvalue weighted by Crippen LogP contribution is 2.28. The van der Waals surface area contributed by atoms with Gasteiger partial charge < -0.3 is 10.1 Å². The Balaban J connectivity index is 1.65. The first-order chi connectivity index (χ1) is 12.7. The van der Waals surface area contributed by atoms with E-state index >= 15 is 0 Å². The third kappa shape index (κ3) is 3.35. The molecule has 4 rings (SSSR count). The Kier molecular flexibility index (Phi) is 4.23. The van der Waals surface area contributed by atoms with Crippen LogP contribution < -0.4 is 10.1 Å². The van der Waals surface area contributed by atoms with Crippen molar-refractivity contribution in [1.29, 1.82) is 0 Å². The van der Waals surface area contributed by atoms with E-state index in [0.29, 0.717) is 0 Å². The van der Waals surface area contributed by atoms with Crippen LogP contribution in [0.3, 0.4) is 0 Å². The number of anilines is 2. The molecule has 1 heterocycles. The quantitative estimate of drug-likeness (QED) is 0.511. The molecule has 3 aromatic carbocycles. The molecular formula is C22H19N3O. The van der Waals surface area contributed by atoms with Crippen LogP contribution in [0.5, 0.6) is 11.5 Å². The van der Waals surface area contributed by atoms with E-state index in [9.17, 15) is 0 Å². The van der Waals surface area contributed by atoms with Crippen LogP contribution in [-0.4, -0.2) is 9.97 Å². The molecule has 0 saturated carbocycles. The maximum absolute atomic E-state index is 5.91. The minimum atomic E-state index is 0.770. The first kappa shape index (κ1) is 16.1. The summed E-state index contributed by atoms with van der Waals surface area (Å²) in [5.74, 6) is 2.37. The highest BCUT2D eigenvalue weighted by atomic mass is 16.5. The Bertz CT molecular complexity index is 1060. The molecule has 0 atom stereocenters. The van der Waals surface area contributed by atoms with Gasteiger partial charge in [-0.15, -0.1) is 0 Å². The molecule has 26 heavy (non-hydrogen) atoms. The summed E-state index contributed by atoms with van der Waals surface area (Å²) in [6.07, 6.45) is 1.59. The van der Waals surface area contributed by atoms with Gasteiger partial charge >= 0.3 is 0 Å². The van der Waals surface area contributed by atoms with Crippen molar-refractivity contribution in [2.24, 2.45) is 0 Å². The molecule has 1 aromatic heterocycles. The average molecular weight is 341 g/mol. The molecule has 0 aliphatic rings. The smallest absolute Gasteiger partial charge is 0.141 e. The van der Waals surface area contributed by atoms with Crippen molar-refractivity contribution >= 4 is 22.4 Å². The lowest BCUT2D eigenvalue weighted by atomic mass is 10.1. The molecule has 0 bridgehead atoms. The lowest BCUT2D eigenvalue weighted by Gasteiger charge is -2.11. The fourth-order valence-electron chi connectivity index (χ4n) is 2.81. The van der Waals surface area contributed by atoms with Crippen LogP contribution in [0.15, 0.2) is 73.1 Å². The van der Waals surface area contributed by atoms with Crippen LogP contribution in [0.2, 0.25) is 0 Å². The largest absolute Gasteiger partial charge is 0.457 e. The van der Waals surface area contributed by atoms with Crippen LogP contribution in [0, 0.1) is 13.8 Å². The van der Waals surface area contributed by atoms with Gasteiger partial charge in [-0.2, -0.15) is 0 Å². The fourth-order valence-corrected chi connectivity index (χ4v) is 2.81. The molecule has 0 spiro atoms. The predicted molar refractivity (Wildman–Crippen MR) is 105 cm³/mol. The second-order valence-corrected chi connectivity index (χ2v) is 6.24. The third-order valence-corrected chi connectivity index (χ3v) is 4.33. The van der Waals surface area contributed by atoms with Gasteiger partial charge in [0.1, 0.15) is 23.6 Å². The summed E-state index contributed by atoms with van der Waals surface area (Å²) < 4.78 is 5.91. The second kappa shape index (κ2) is 6.84.